The smallest absolute Gasteiger partial charge is 0.130 e. The summed E-state index contributed by atoms with van der Waals surface area (Å²) in [6, 6.07) is 4.77. The lowest BCUT2D eigenvalue weighted by molar-refractivity contribution is 0.158. The SMILES string of the molecule is CCCCCCC(O)c1c(F)cccc1Br. The number of aliphatic hydroxyl groups excluding tert-OH is 1. The Morgan fingerprint density at radius 1 is 1.31 bits per heavy atom. The van der Waals surface area contributed by atoms with Gasteiger partial charge in [-0.15, -0.1) is 0 Å². The lowest BCUT2D eigenvalue weighted by atomic mass is 10.0. The summed E-state index contributed by atoms with van der Waals surface area (Å²) in [7, 11) is 0. The molecule has 0 radical (unpaired) electrons. The van der Waals surface area contributed by atoms with Gasteiger partial charge in [0.25, 0.3) is 0 Å². The molecular formula is C13H18BrFO. The molecule has 16 heavy (non-hydrogen) atoms. The predicted molar refractivity (Wildman–Crippen MR) is 67.8 cm³/mol. The first-order valence-corrected chi connectivity index (χ1v) is 6.58. The molecule has 1 aromatic carbocycles. The minimum atomic E-state index is -0.701. The number of rotatable bonds is 6. The molecule has 0 spiro atoms. The van der Waals surface area contributed by atoms with Crippen molar-refractivity contribution in [3.63, 3.8) is 0 Å². The number of hydrogen-bond donors (Lipinski definition) is 1. The number of unbranched alkanes of at least 4 members (excludes halogenated alkanes) is 3. The Morgan fingerprint density at radius 3 is 2.69 bits per heavy atom. The van der Waals surface area contributed by atoms with Crippen molar-refractivity contribution < 1.29 is 9.50 Å². The molecule has 0 saturated carbocycles. The zero-order chi connectivity index (χ0) is 12.0. The van der Waals surface area contributed by atoms with E-state index in [1.165, 1.54) is 18.9 Å². The van der Waals surface area contributed by atoms with E-state index in [0.29, 0.717) is 16.5 Å². The third-order valence-electron chi connectivity index (χ3n) is 2.66. The van der Waals surface area contributed by atoms with Gasteiger partial charge in [-0.05, 0) is 18.6 Å². The van der Waals surface area contributed by atoms with Crippen LogP contribution in [0.15, 0.2) is 22.7 Å². The molecule has 0 amide bonds. The fourth-order valence-corrected chi connectivity index (χ4v) is 2.34. The third-order valence-corrected chi connectivity index (χ3v) is 3.36. The van der Waals surface area contributed by atoms with Crippen molar-refractivity contribution in [2.45, 2.75) is 45.1 Å². The topological polar surface area (TPSA) is 20.2 Å². The predicted octanol–water partition coefficient (Wildman–Crippen LogP) is 4.59. The summed E-state index contributed by atoms with van der Waals surface area (Å²) in [6.07, 6.45) is 4.30. The highest BCUT2D eigenvalue weighted by atomic mass is 79.9. The first-order chi connectivity index (χ1) is 7.66. The Labute approximate surface area is 105 Å². The van der Waals surface area contributed by atoms with E-state index in [0.717, 1.165) is 12.8 Å². The van der Waals surface area contributed by atoms with E-state index in [1.807, 2.05) is 0 Å². The Morgan fingerprint density at radius 2 is 2.06 bits per heavy atom. The van der Waals surface area contributed by atoms with Gasteiger partial charge in [-0.25, -0.2) is 4.39 Å². The van der Waals surface area contributed by atoms with Crippen LogP contribution in [0.4, 0.5) is 4.39 Å². The number of aliphatic hydroxyl groups is 1. The molecule has 1 atom stereocenters. The molecule has 0 saturated heterocycles. The third kappa shape index (κ3) is 3.87. The molecule has 1 nitrogen and oxygen atoms in total. The minimum Gasteiger partial charge on any atom is -0.388 e. The van der Waals surface area contributed by atoms with Crippen molar-refractivity contribution in [1.29, 1.82) is 0 Å². The van der Waals surface area contributed by atoms with E-state index in [2.05, 4.69) is 22.9 Å². The fourth-order valence-electron chi connectivity index (χ4n) is 1.74. The highest BCUT2D eigenvalue weighted by molar-refractivity contribution is 9.10. The Hall–Kier alpha value is -0.410. The van der Waals surface area contributed by atoms with Crippen molar-refractivity contribution in [2.75, 3.05) is 0 Å². The van der Waals surface area contributed by atoms with Crippen LogP contribution in [0.25, 0.3) is 0 Å². The summed E-state index contributed by atoms with van der Waals surface area (Å²) >= 11 is 3.27. The fraction of sp³-hybridized carbons (Fsp3) is 0.538. The monoisotopic (exact) mass is 288 g/mol. The number of hydrogen-bond acceptors (Lipinski definition) is 1. The van der Waals surface area contributed by atoms with Gasteiger partial charge in [0.15, 0.2) is 0 Å². The van der Waals surface area contributed by atoms with Crippen molar-refractivity contribution in [3.8, 4) is 0 Å². The highest BCUT2D eigenvalue weighted by Crippen LogP contribution is 2.29. The van der Waals surface area contributed by atoms with E-state index in [-0.39, 0.29) is 5.82 Å². The van der Waals surface area contributed by atoms with E-state index >= 15 is 0 Å². The molecule has 0 aliphatic rings. The van der Waals surface area contributed by atoms with E-state index in [4.69, 9.17) is 0 Å². The van der Waals surface area contributed by atoms with Crippen LogP contribution in [0, 0.1) is 5.82 Å². The van der Waals surface area contributed by atoms with Gasteiger partial charge in [0.1, 0.15) is 5.82 Å². The molecule has 1 aromatic rings. The van der Waals surface area contributed by atoms with E-state index in [1.54, 1.807) is 12.1 Å². The molecular weight excluding hydrogens is 271 g/mol. The van der Waals surface area contributed by atoms with Gasteiger partial charge in [-0.3, -0.25) is 0 Å². The maximum atomic E-state index is 13.5. The Bertz CT molecular complexity index is 307. The van der Waals surface area contributed by atoms with Crippen LogP contribution in [0.3, 0.4) is 0 Å². The molecule has 1 rings (SSSR count). The van der Waals surface area contributed by atoms with Crippen LogP contribution in [-0.4, -0.2) is 5.11 Å². The minimum absolute atomic E-state index is 0.336. The average Bonchev–Trinajstić information content (AvgIpc) is 2.24. The van der Waals surface area contributed by atoms with Gasteiger partial charge in [0.2, 0.25) is 0 Å². The quantitative estimate of drug-likeness (QED) is 0.759. The maximum Gasteiger partial charge on any atom is 0.130 e. The average molecular weight is 289 g/mol. The van der Waals surface area contributed by atoms with Crippen LogP contribution in [0.1, 0.15) is 50.7 Å². The molecule has 0 fully saturated rings. The Kier molecular flexibility index (Phi) is 5.99. The van der Waals surface area contributed by atoms with Gasteiger partial charge in [-0.2, -0.15) is 0 Å². The summed E-state index contributed by atoms with van der Waals surface area (Å²) in [5, 5.41) is 9.91. The lowest BCUT2D eigenvalue weighted by Crippen LogP contribution is -2.02. The van der Waals surface area contributed by atoms with Crippen LogP contribution in [0.5, 0.6) is 0 Å². The highest BCUT2D eigenvalue weighted by Gasteiger charge is 2.15. The van der Waals surface area contributed by atoms with Gasteiger partial charge in [0, 0.05) is 10.0 Å². The molecule has 0 bridgehead atoms. The van der Waals surface area contributed by atoms with Gasteiger partial charge in [-0.1, -0.05) is 54.6 Å². The molecule has 3 heteroatoms. The zero-order valence-corrected chi connectivity index (χ0v) is 11.1. The molecule has 0 aromatic heterocycles. The standard InChI is InChI=1S/C13H18BrFO/c1-2-3-4-5-9-12(16)13-10(14)7-6-8-11(13)15/h6-8,12,16H,2-5,9H2,1H3. The second kappa shape index (κ2) is 7.02. The molecule has 1 N–H and O–H groups in total. The summed E-state index contributed by atoms with van der Waals surface area (Å²) in [6.45, 7) is 2.14. The zero-order valence-electron chi connectivity index (χ0n) is 9.55. The normalized spacial score (nSPS) is 12.8. The van der Waals surface area contributed by atoms with Gasteiger partial charge < -0.3 is 5.11 Å². The second-order valence-electron chi connectivity index (χ2n) is 4.00. The lowest BCUT2D eigenvalue weighted by Gasteiger charge is -2.13. The van der Waals surface area contributed by atoms with Crippen molar-refractivity contribution in [1.82, 2.24) is 0 Å². The summed E-state index contributed by atoms with van der Waals surface area (Å²) in [5.41, 5.74) is 0.388. The first kappa shape index (κ1) is 13.7. The van der Waals surface area contributed by atoms with Gasteiger partial charge >= 0.3 is 0 Å². The summed E-state index contributed by atoms with van der Waals surface area (Å²) in [4.78, 5) is 0. The maximum absolute atomic E-state index is 13.5. The first-order valence-electron chi connectivity index (χ1n) is 5.78. The van der Waals surface area contributed by atoms with Crippen molar-refractivity contribution >= 4 is 15.9 Å². The largest absolute Gasteiger partial charge is 0.388 e. The summed E-state index contributed by atoms with van der Waals surface area (Å²) in [5.74, 6) is -0.336. The van der Waals surface area contributed by atoms with Crippen LogP contribution >= 0.6 is 15.9 Å². The second-order valence-corrected chi connectivity index (χ2v) is 4.85. The molecule has 0 heterocycles. The van der Waals surface area contributed by atoms with Crippen LogP contribution in [0.2, 0.25) is 0 Å². The number of halogens is 2. The van der Waals surface area contributed by atoms with E-state index < -0.39 is 6.10 Å². The molecule has 90 valence electrons. The van der Waals surface area contributed by atoms with E-state index in [9.17, 15) is 9.50 Å². The molecule has 1 unspecified atom stereocenters. The molecule has 0 aliphatic carbocycles. The summed E-state index contributed by atoms with van der Waals surface area (Å²) < 4.78 is 14.1. The van der Waals surface area contributed by atoms with Crippen molar-refractivity contribution in [2.24, 2.45) is 0 Å². The Balaban J connectivity index is 2.55. The van der Waals surface area contributed by atoms with Crippen molar-refractivity contribution in [3.05, 3.63) is 34.1 Å². The van der Waals surface area contributed by atoms with Gasteiger partial charge in [0.05, 0.1) is 6.10 Å². The number of benzene rings is 1. The van der Waals surface area contributed by atoms with Crippen LogP contribution < -0.4 is 0 Å². The van der Waals surface area contributed by atoms with Crippen LogP contribution in [-0.2, 0) is 0 Å². The molecule has 0 aliphatic heterocycles.